The molecule has 0 fully saturated rings. The maximum absolute atomic E-state index is 5.97. The molecule has 0 aliphatic carbocycles. The summed E-state index contributed by atoms with van der Waals surface area (Å²) >= 11 is 11.9. The summed E-state index contributed by atoms with van der Waals surface area (Å²) in [5.74, 6) is 1.30. The summed E-state index contributed by atoms with van der Waals surface area (Å²) in [5, 5.41) is 4.57. The Balaban J connectivity index is 1.71. The number of hydrogen-bond donors (Lipinski definition) is 1. The molecule has 3 aromatic rings. The summed E-state index contributed by atoms with van der Waals surface area (Å²) in [6, 6.07) is 15.0. The second kappa shape index (κ2) is 6.20. The number of nitrogens with zero attached hydrogens (tertiary/aromatic N) is 1. The van der Waals surface area contributed by atoms with E-state index >= 15 is 0 Å². The normalized spacial score (nSPS) is 10.6. The van der Waals surface area contributed by atoms with Gasteiger partial charge in [-0.25, -0.2) is 4.98 Å². The summed E-state index contributed by atoms with van der Waals surface area (Å²) in [5.41, 5.74) is 1.83. The molecule has 0 saturated carbocycles. The minimum atomic E-state index is 0.487. The molecule has 1 aromatic heterocycles. The summed E-state index contributed by atoms with van der Waals surface area (Å²) in [4.78, 5) is 4.25. The van der Waals surface area contributed by atoms with Gasteiger partial charge in [0.05, 0.1) is 12.7 Å². The molecule has 0 amide bonds. The van der Waals surface area contributed by atoms with Crippen molar-refractivity contribution >= 4 is 28.9 Å². The van der Waals surface area contributed by atoms with Crippen LogP contribution in [0.4, 0.5) is 5.69 Å². The lowest BCUT2D eigenvalue weighted by Crippen LogP contribution is -1.98. The Labute approximate surface area is 132 Å². The number of hydrogen-bond acceptors (Lipinski definition) is 3. The van der Waals surface area contributed by atoms with Crippen molar-refractivity contribution in [3.05, 3.63) is 70.7 Å². The third kappa shape index (κ3) is 3.57. The zero-order valence-corrected chi connectivity index (χ0v) is 12.5. The highest BCUT2D eigenvalue weighted by molar-refractivity contribution is 6.31. The van der Waals surface area contributed by atoms with Gasteiger partial charge in [-0.15, -0.1) is 0 Å². The fraction of sp³-hybridized carbons (Fsp3) is 0.0625. The summed E-state index contributed by atoms with van der Waals surface area (Å²) in [6.07, 6.45) is 1.70. The SMILES string of the molecule is Clc1cccc(NCc2ncc(-c3cccc(Cl)c3)o2)c1. The van der Waals surface area contributed by atoms with Gasteiger partial charge in [0, 0.05) is 21.3 Å². The molecule has 0 bridgehead atoms. The maximum Gasteiger partial charge on any atom is 0.214 e. The summed E-state index contributed by atoms with van der Waals surface area (Å²) < 4.78 is 5.71. The lowest BCUT2D eigenvalue weighted by atomic mass is 10.2. The third-order valence-corrected chi connectivity index (χ3v) is 3.40. The van der Waals surface area contributed by atoms with E-state index in [0.717, 1.165) is 11.3 Å². The molecule has 5 heteroatoms. The van der Waals surface area contributed by atoms with E-state index in [1.54, 1.807) is 6.20 Å². The summed E-state index contributed by atoms with van der Waals surface area (Å²) in [6.45, 7) is 0.487. The molecule has 0 atom stereocenters. The Hall–Kier alpha value is -1.97. The van der Waals surface area contributed by atoms with Crippen molar-refractivity contribution in [2.24, 2.45) is 0 Å². The topological polar surface area (TPSA) is 38.1 Å². The van der Waals surface area contributed by atoms with Crippen LogP contribution in [0.3, 0.4) is 0 Å². The lowest BCUT2D eigenvalue weighted by Gasteiger charge is -2.03. The zero-order chi connectivity index (χ0) is 14.7. The van der Waals surface area contributed by atoms with Gasteiger partial charge in [-0.2, -0.15) is 0 Å². The van der Waals surface area contributed by atoms with E-state index in [-0.39, 0.29) is 0 Å². The van der Waals surface area contributed by atoms with Crippen molar-refractivity contribution in [2.75, 3.05) is 5.32 Å². The van der Waals surface area contributed by atoms with Gasteiger partial charge in [0.1, 0.15) is 0 Å². The van der Waals surface area contributed by atoms with Crippen LogP contribution in [0.15, 0.2) is 59.1 Å². The molecule has 1 N–H and O–H groups in total. The highest BCUT2D eigenvalue weighted by Crippen LogP contribution is 2.24. The van der Waals surface area contributed by atoms with Crippen molar-refractivity contribution in [1.29, 1.82) is 0 Å². The van der Waals surface area contributed by atoms with Crippen LogP contribution >= 0.6 is 23.2 Å². The molecule has 0 saturated heterocycles. The van der Waals surface area contributed by atoms with Crippen LogP contribution in [0.5, 0.6) is 0 Å². The maximum atomic E-state index is 5.97. The summed E-state index contributed by atoms with van der Waals surface area (Å²) in [7, 11) is 0. The van der Waals surface area contributed by atoms with E-state index in [2.05, 4.69) is 10.3 Å². The second-order valence-corrected chi connectivity index (χ2v) is 5.37. The van der Waals surface area contributed by atoms with Crippen molar-refractivity contribution in [2.45, 2.75) is 6.54 Å². The highest BCUT2D eigenvalue weighted by Gasteiger charge is 2.06. The van der Waals surface area contributed by atoms with Crippen molar-refractivity contribution in [3.8, 4) is 11.3 Å². The Kier molecular flexibility index (Phi) is 4.13. The molecule has 3 nitrogen and oxygen atoms in total. The van der Waals surface area contributed by atoms with Crippen molar-refractivity contribution in [1.82, 2.24) is 4.98 Å². The smallest absolute Gasteiger partial charge is 0.214 e. The van der Waals surface area contributed by atoms with Crippen LogP contribution in [-0.4, -0.2) is 4.98 Å². The molecule has 106 valence electrons. The number of anilines is 1. The van der Waals surface area contributed by atoms with Gasteiger partial charge in [-0.05, 0) is 30.3 Å². The van der Waals surface area contributed by atoms with Gasteiger partial charge < -0.3 is 9.73 Å². The first-order valence-corrected chi connectivity index (χ1v) is 7.16. The van der Waals surface area contributed by atoms with E-state index in [1.807, 2.05) is 48.5 Å². The number of halogens is 2. The largest absolute Gasteiger partial charge is 0.439 e. The molecule has 0 radical (unpaired) electrons. The van der Waals surface area contributed by atoms with Crippen LogP contribution in [-0.2, 0) is 6.54 Å². The Morgan fingerprint density at radius 2 is 1.76 bits per heavy atom. The van der Waals surface area contributed by atoms with Crippen LogP contribution in [0, 0.1) is 0 Å². The quantitative estimate of drug-likeness (QED) is 0.713. The molecule has 0 aliphatic heterocycles. The second-order valence-electron chi connectivity index (χ2n) is 4.49. The van der Waals surface area contributed by atoms with Gasteiger partial charge in [-0.1, -0.05) is 41.4 Å². The van der Waals surface area contributed by atoms with Gasteiger partial charge in [0.15, 0.2) is 5.76 Å². The average molecular weight is 319 g/mol. The molecule has 0 aliphatic rings. The van der Waals surface area contributed by atoms with E-state index in [9.17, 15) is 0 Å². The van der Waals surface area contributed by atoms with E-state index in [0.29, 0.717) is 28.2 Å². The van der Waals surface area contributed by atoms with E-state index in [4.69, 9.17) is 27.6 Å². The molecular weight excluding hydrogens is 307 g/mol. The van der Waals surface area contributed by atoms with Gasteiger partial charge in [0.25, 0.3) is 0 Å². The van der Waals surface area contributed by atoms with Crippen LogP contribution in [0.25, 0.3) is 11.3 Å². The zero-order valence-electron chi connectivity index (χ0n) is 11.0. The minimum absolute atomic E-state index is 0.487. The minimum Gasteiger partial charge on any atom is -0.439 e. The van der Waals surface area contributed by atoms with Crippen LogP contribution in [0.2, 0.25) is 10.0 Å². The molecule has 0 unspecified atom stereocenters. The number of aromatic nitrogens is 1. The highest BCUT2D eigenvalue weighted by atomic mass is 35.5. The fourth-order valence-electron chi connectivity index (χ4n) is 1.94. The van der Waals surface area contributed by atoms with Gasteiger partial charge in [0.2, 0.25) is 5.89 Å². The number of oxazole rings is 1. The van der Waals surface area contributed by atoms with E-state index in [1.165, 1.54) is 0 Å². The first-order chi connectivity index (χ1) is 10.2. The predicted molar refractivity (Wildman–Crippen MR) is 85.7 cm³/mol. The van der Waals surface area contributed by atoms with Gasteiger partial charge in [-0.3, -0.25) is 0 Å². The number of rotatable bonds is 4. The predicted octanol–water partition coefficient (Wildman–Crippen LogP) is 5.26. The molecule has 1 heterocycles. The molecule has 0 spiro atoms. The molecule has 21 heavy (non-hydrogen) atoms. The number of benzene rings is 2. The first kappa shape index (κ1) is 14.0. The van der Waals surface area contributed by atoms with Crippen LogP contribution in [0.1, 0.15) is 5.89 Å². The number of nitrogens with one attached hydrogen (secondary N) is 1. The Bertz CT molecular complexity index is 755. The van der Waals surface area contributed by atoms with E-state index < -0.39 is 0 Å². The fourth-order valence-corrected chi connectivity index (χ4v) is 2.32. The third-order valence-electron chi connectivity index (χ3n) is 2.93. The molecular formula is C16H12Cl2N2O. The monoisotopic (exact) mass is 318 g/mol. The average Bonchev–Trinajstić information content (AvgIpc) is 2.94. The standard InChI is InChI=1S/C16H12Cl2N2O/c17-12-4-1-3-11(7-12)15-9-20-16(21-15)10-19-14-6-2-5-13(18)8-14/h1-9,19H,10H2. The van der Waals surface area contributed by atoms with Crippen molar-refractivity contribution < 1.29 is 4.42 Å². The first-order valence-electron chi connectivity index (χ1n) is 6.41. The lowest BCUT2D eigenvalue weighted by molar-refractivity contribution is 0.516. The molecule has 2 aromatic carbocycles. The Morgan fingerprint density at radius 1 is 1.00 bits per heavy atom. The molecule has 3 rings (SSSR count). The van der Waals surface area contributed by atoms with Crippen LogP contribution < -0.4 is 5.32 Å². The van der Waals surface area contributed by atoms with Crippen molar-refractivity contribution in [3.63, 3.8) is 0 Å². The van der Waals surface area contributed by atoms with Gasteiger partial charge >= 0.3 is 0 Å². The Morgan fingerprint density at radius 3 is 2.52 bits per heavy atom.